The first-order chi connectivity index (χ1) is 14.1. The maximum atomic E-state index is 12.5. The smallest absolute Gasteiger partial charge is 0.308 e. The average molecular weight is 431 g/mol. The second-order valence-electron chi connectivity index (χ2n) is 8.32. The van der Waals surface area contributed by atoms with Crippen molar-refractivity contribution >= 4 is 28.6 Å². The van der Waals surface area contributed by atoms with Gasteiger partial charge < -0.3 is 14.1 Å². The normalized spacial score (nSPS) is 20.5. The highest BCUT2D eigenvalue weighted by Gasteiger charge is 2.32. The van der Waals surface area contributed by atoms with E-state index in [0.717, 1.165) is 16.7 Å². The van der Waals surface area contributed by atoms with Crippen LogP contribution in [0.3, 0.4) is 0 Å². The van der Waals surface area contributed by atoms with E-state index in [4.69, 9.17) is 25.7 Å². The van der Waals surface area contributed by atoms with Gasteiger partial charge in [-0.25, -0.2) is 4.99 Å². The van der Waals surface area contributed by atoms with Crippen molar-refractivity contribution < 1.29 is 18.9 Å². The Bertz CT molecular complexity index is 1070. The number of rotatable bonds is 3. The van der Waals surface area contributed by atoms with Gasteiger partial charge in [-0.2, -0.15) is 0 Å². The third kappa shape index (κ3) is 3.97. The molecule has 158 valence electrons. The minimum atomic E-state index is -0.638. The summed E-state index contributed by atoms with van der Waals surface area (Å²) in [6, 6.07) is 5.04. The molecule has 2 aromatic rings. The zero-order chi connectivity index (χ0) is 21.6. The van der Waals surface area contributed by atoms with Crippen LogP contribution in [-0.4, -0.2) is 34.0 Å². The van der Waals surface area contributed by atoms with Crippen LogP contribution in [0.4, 0.5) is 0 Å². The molecule has 8 nitrogen and oxygen atoms in total. The molecule has 3 heterocycles. The number of hydrogen-bond donors (Lipinski definition) is 1. The summed E-state index contributed by atoms with van der Waals surface area (Å²) >= 11 is 6.61. The van der Waals surface area contributed by atoms with Crippen LogP contribution in [-0.2, 0) is 14.4 Å². The molecule has 0 bridgehead atoms. The summed E-state index contributed by atoms with van der Waals surface area (Å²) in [4.78, 5) is 26.9. The minimum absolute atomic E-state index is 0.00672. The Hall–Kier alpha value is -2.71. The number of nitrogens with one attached hydrogen (secondary N) is 1. The van der Waals surface area contributed by atoms with Crippen molar-refractivity contribution in [3.8, 4) is 11.1 Å². The molecule has 0 radical (unpaired) electrons. The number of hydroxylamine groups is 1. The Morgan fingerprint density at radius 3 is 2.70 bits per heavy atom. The molecule has 1 N–H and O–H groups in total. The number of aryl methyl sites for hydroxylation is 1. The van der Waals surface area contributed by atoms with Gasteiger partial charge in [-0.05, 0) is 52.3 Å². The molecule has 0 saturated carbocycles. The van der Waals surface area contributed by atoms with Gasteiger partial charge in [0.05, 0.1) is 17.7 Å². The molecule has 1 aromatic heterocycles. The molecule has 4 rings (SSSR count). The first-order valence-electron chi connectivity index (χ1n) is 9.69. The second kappa shape index (κ2) is 7.52. The van der Waals surface area contributed by atoms with E-state index in [-0.39, 0.29) is 23.7 Å². The number of carbonyl (C=O) groups excluding carboxylic acids is 1. The van der Waals surface area contributed by atoms with Gasteiger partial charge >= 0.3 is 5.97 Å². The molecule has 30 heavy (non-hydrogen) atoms. The van der Waals surface area contributed by atoms with Crippen molar-refractivity contribution in [1.29, 1.82) is 0 Å². The highest BCUT2D eigenvalue weighted by atomic mass is 35.5. The molecule has 0 saturated heterocycles. The van der Waals surface area contributed by atoms with E-state index in [1.807, 2.05) is 52.8 Å². The fraction of sp³-hybridized carbons (Fsp3) is 0.429. The average Bonchev–Trinajstić information content (AvgIpc) is 3.22. The standard InChI is InChI=1S/C21H23ClN4O4/c1-10-17-13-7-6-12(20-23-11(2)26-30-20)8-14(13)19(22)24-15(18(17)29-25-10)9-16(27)28-21(3,4)5/h6-8,11,15,26H,9H2,1-5H3/t11?,15-/m0/s1. The number of halogens is 1. The maximum Gasteiger partial charge on any atom is 0.308 e. The maximum absolute atomic E-state index is 12.5. The zero-order valence-electron chi connectivity index (χ0n) is 17.4. The van der Waals surface area contributed by atoms with Gasteiger partial charge in [0, 0.05) is 11.1 Å². The highest BCUT2D eigenvalue weighted by molar-refractivity contribution is 6.70. The van der Waals surface area contributed by atoms with Crippen molar-refractivity contribution in [1.82, 2.24) is 10.6 Å². The summed E-state index contributed by atoms with van der Waals surface area (Å²) in [5.41, 5.74) is 5.96. The van der Waals surface area contributed by atoms with Crippen LogP contribution in [0.5, 0.6) is 0 Å². The van der Waals surface area contributed by atoms with Gasteiger partial charge in [0.2, 0.25) is 5.90 Å². The Morgan fingerprint density at radius 1 is 1.27 bits per heavy atom. The number of fused-ring (bicyclic) bond motifs is 3. The first kappa shape index (κ1) is 20.6. The molecule has 0 fully saturated rings. The lowest BCUT2D eigenvalue weighted by Gasteiger charge is -2.20. The molecule has 2 atom stereocenters. The van der Waals surface area contributed by atoms with E-state index < -0.39 is 11.6 Å². The summed E-state index contributed by atoms with van der Waals surface area (Å²) in [6.45, 7) is 9.19. The third-order valence-electron chi connectivity index (χ3n) is 4.64. The van der Waals surface area contributed by atoms with Crippen LogP contribution in [0.25, 0.3) is 11.1 Å². The van der Waals surface area contributed by atoms with Gasteiger partial charge in [0.15, 0.2) is 5.76 Å². The van der Waals surface area contributed by atoms with Crippen molar-refractivity contribution in [3.05, 3.63) is 40.8 Å². The lowest BCUT2D eigenvalue weighted by Crippen LogP contribution is -2.24. The van der Waals surface area contributed by atoms with E-state index in [1.54, 1.807) is 0 Å². The molecule has 2 aliphatic rings. The summed E-state index contributed by atoms with van der Waals surface area (Å²) in [5, 5.41) is 4.38. The Kier molecular flexibility index (Phi) is 5.15. The number of carbonyl (C=O) groups is 1. The molecular weight excluding hydrogens is 408 g/mol. The fourth-order valence-electron chi connectivity index (χ4n) is 3.46. The quantitative estimate of drug-likeness (QED) is 0.737. The summed E-state index contributed by atoms with van der Waals surface area (Å²) in [6.07, 6.45) is -0.138. The van der Waals surface area contributed by atoms with Crippen LogP contribution in [0.1, 0.15) is 62.7 Å². The molecule has 0 spiro atoms. The van der Waals surface area contributed by atoms with Crippen LogP contribution in [0.2, 0.25) is 0 Å². The van der Waals surface area contributed by atoms with Gasteiger partial charge in [0.25, 0.3) is 0 Å². The monoisotopic (exact) mass is 430 g/mol. The van der Waals surface area contributed by atoms with Crippen molar-refractivity contribution in [3.63, 3.8) is 0 Å². The fourth-order valence-corrected chi connectivity index (χ4v) is 3.73. The topological polar surface area (TPSA) is 98.3 Å². The van der Waals surface area contributed by atoms with Gasteiger partial charge in [-0.1, -0.05) is 22.8 Å². The predicted octanol–water partition coefficient (Wildman–Crippen LogP) is 4.05. The predicted molar refractivity (Wildman–Crippen MR) is 112 cm³/mol. The minimum Gasteiger partial charge on any atom is -0.460 e. The van der Waals surface area contributed by atoms with Crippen LogP contribution in [0.15, 0.2) is 32.7 Å². The van der Waals surface area contributed by atoms with E-state index >= 15 is 0 Å². The van der Waals surface area contributed by atoms with Gasteiger partial charge in [-0.3, -0.25) is 9.79 Å². The number of aromatic nitrogens is 1. The van der Waals surface area contributed by atoms with E-state index in [0.29, 0.717) is 22.9 Å². The first-order valence-corrected chi connectivity index (χ1v) is 10.1. The summed E-state index contributed by atoms with van der Waals surface area (Å²) < 4.78 is 11.0. The largest absolute Gasteiger partial charge is 0.460 e. The second-order valence-corrected chi connectivity index (χ2v) is 8.68. The number of aliphatic imine (C=N–C) groups is 2. The van der Waals surface area contributed by atoms with Crippen LogP contribution >= 0.6 is 11.6 Å². The van der Waals surface area contributed by atoms with Crippen molar-refractivity contribution in [2.45, 2.75) is 58.8 Å². The number of hydrogen-bond acceptors (Lipinski definition) is 8. The summed E-state index contributed by atoms with van der Waals surface area (Å²) in [5.74, 6) is 0.584. The molecular formula is C21H23ClN4O4. The lowest BCUT2D eigenvalue weighted by atomic mass is 9.95. The molecule has 9 heteroatoms. The molecule has 2 aliphatic heterocycles. The van der Waals surface area contributed by atoms with Gasteiger partial charge in [-0.15, -0.1) is 5.48 Å². The summed E-state index contributed by atoms with van der Waals surface area (Å²) in [7, 11) is 0. The molecule has 0 aliphatic carbocycles. The lowest BCUT2D eigenvalue weighted by molar-refractivity contribution is -0.155. The number of ether oxygens (including phenoxy) is 1. The molecule has 0 amide bonds. The number of esters is 1. The van der Waals surface area contributed by atoms with Crippen LogP contribution in [0, 0.1) is 6.92 Å². The van der Waals surface area contributed by atoms with E-state index in [9.17, 15) is 4.79 Å². The third-order valence-corrected chi connectivity index (χ3v) is 4.94. The van der Waals surface area contributed by atoms with Gasteiger partial charge in [0.1, 0.15) is 23.0 Å². The van der Waals surface area contributed by atoms with E-state index in [1.165, 1.54) is 0 Å². The van der Waals surface area contributed by atoms with Crippen molar-refractivity contribution in [2.24, 2.45) is 9.98 Å². The molecule has 1 unspecified atom stereocenters. The number of nitrogens with zero attached hydrogens (tertiary/aromatic N) is 3. The highest BCUT2D eigenvalue weighted by Crippen LogP contribution is 2.41. The Balaban J connectivity index is 1.76. The van der Waals surface area contributed by atoms with Crippen molar-refractivity contribution in [2.75, 3.05) is 0 Å². The molecule has 1 aromatic carbocycles. The Morgan fingerprint density at radius 2 is 2.03 bits per heavy atom. The van der Waals surface area contributed by atoms with Crippen LogP contribution < -0.4 is 5.48 Å². The number of benzene rings is 1. The SMILES string of the molecule is Cc1noc2c1-c1ccc(C3=NC(C)NO3)cc1C(Cl)=N[C@H]2CC(=O)OC(C)(C)C. The Labute approximate surface area is 179 Å². The van der Waals surface area contributed by atoms with E-state index in [2.05, 4.69) is 20.6 Å². The zero-order valence-corrected chi connectivity index (χ0v) is 18.2.